The van der Waals surface area contributed by atoms with Crippen LogP contribution < -0.4 is 20.1 Å². The number of hydrogen-bond acceptors (Lipinski definition) is 9. The van der Waals surface area contributed by atoms with Crippen LogP contribution in [0.1, 0.15) is 28.4 Å². The molecule has 1 amide bonds. The van der Waals surface area contributed by atoms with Gasteiger partial charge in [0.05, 0.1) is 23.2 Å². The second-order valence-corrected chi connectivity index (χ2v) is 10.4. The number of ether oxygens (including phenoxy) is 2. The number of carbonyl (C=O) groups excluding carboxylic acids is 1. The van der Waals surface area contributed by atoms with Crippen LogP contribution in [0.5, 0.6) is 17.4 Å². The first-order valence-corrected chi connectivity index (χ1v) is 13.8. The van der Waals surface area contributed by atoms with Crippen LogP contribution in [0.3, 0.4) is 0 Å². The molecule has 1 saturated heterocycles. The van der Waals surface area contributed by atoms with E-state index in [0.29, 0.717) is 18.9 Å². The van der Waals surface area contributed by atoms with Gasteiger partial charge in [0, 0.05) is 44.0 Å². The zero-order chi connectivity index (χ0) is 29.9. The highest BCUT2D eigenvalue weighted by atomic mass is 35.5. The molecule has 10 nitrogen and oxygen atoms in total. The molecule has 3 aromatic rings. The summed E-state index contributed by atoms with van der Waals surface area (Å²) in [5.74, 6) is -0.0125. The monoisotopic (exact) mass is 606 g/mol. The summed E-state index contributed by atoms with van der Waals surface area (Å²) in [6.07, 6.45) is -3.35. The van der Waals surface area contributed by atoms with Crippen molar-refractivity contribution in [1.82, 2.24) is 19.8 Å². The molecular formula is C28H30ClF3N6O4. The summed E-state index contributed by atoms with van der Waals surface area (Å²) in [6, 6.07) is 7.71. The maximum absolute atomic E-state index is 14.0. The van der Waals surface area contributed by atoms with Crippen molar-refractivity contribution in [3.63, 3.8) is 0 Å². The molecule has 1 aromatic heterocycles. The number of piperazine rings is 1. The fraction of sp³-hybridized carbons (Fsp3) is 0.393. The van der Waals surface area contributed by atoms with Gasteiger partial charge >= 0.3 is 6.18 Å². The number of aromatic nitrogens is 2. The van der Waals surface area contributed by atoms with Crippen molar-refractivity contribution in [3.05, 3.63) is 64.4 Å². The van der Waals surface area contributed by atoms with Gasteiger partial charge in [-0.3, -0.25) is 9.69 Å². The van der Waals surface area contributed by atoms with Gasteiger partial charge in [0.1, 0.15) is 18.7 Å². The molecule has 0 saturated carbocycles. The molecule has 0 bridgehead atoms. The van der Waals surface area contributed by atoms with Crippen LogP contribution in [0.2, 0.25) is 5.02 Å². The maximum atomic E-state index is 14.0. The van der Waals surface area contributed by atoms with E-state index < -0.39 is 17.6 Å². The minimum atomic E-state index is -4.59. The second kappa shape index (κ2) is 12.7. The minimum Gasteiger partial charge on any atom is -0.483 e. The van der Waals surface area contributed by atoms with Crippen molar-refractivity contribution in [3.8, 4) is 17.4 Å². The lowest BCUT2D eigenvalue weighted by atomic mass is 10.0. The van der Waals surface area contributed by atoms with Crippen molar-refractivity contribution in [2.24, 2.45) is 0 Å². The van der Waals surface area contributed by atoms with Crippen LogP contribution in [0.15, 0.2) is 42.7 Å². The number of aliphatic hydroxyl groups excluding tert-OH is 1. The number of nitrogens with one attached hydrogen (secondary N) is 2. The summed E-state index contributed by atoms with van der Waals surface area (Å²) in [7, 11) is 0. The molecule has 1 fully saturated rings. The Morgan fingerprint density at radius 3 is 2.64 bits per heavy atom. The predicted octanol–water partition coefficient (Wildman–Crippen LogP) is 4.50. The van der Waals surface area contributed by atoms with Gasteiger partial charge in [-0.05, 0) is 42.4 Å². The molecule has 42 heavy (non-hydrogen) atoms. The van der Waals surface area contributed by atoms with Gasteiger partial charge in [-0.1, -0.05) is 24.6 Å². The number of alkyl halides is 3. The number of carbonyl (C=O) groups is 1. The van der Waals surface area contributed by atoms with Crippen LogP contribution in [0.25, 0.3) is 0 Å². The average molecular weight is 607 g/mol. The summed E-state index contributed by atoms with van der Waals surface area (Å²) in [5, 5.41) is 15.1. The van der Waals surface area contributed by atoms with E-state index in [1.807, 2.05) is 4.90 Å². The van der Waals surface area contributed by atoms with E-state index in [1.54, 1.807) is 0 Å². The Kier molecular flexibility index (Phi) is 9.02. The zero-order valence-electron chi connectivity index (χ0n) is 22.7. The van der Waals surface area contributed by atoms with E-state index in [9.17, 15) is 23.1 Å². The molecule has 5 rings (SSSR count). The number of nitrogens with zero attached hydrogens (tertiary/aromatic N) is 4. The van der Waals surface area contributed by atoms with E-state index in [1.165, 1.54) is 36.7 Å². The van der Waals surface area contributed by atoms with E-state index >= 15 is 0 Å². The quantitative estimate of drug-likeness (QED) is 0.341. The van der Waals surface area contributed by atoms with Gasteiger partial charge in [-0.25, -0.2) is 4.98 Å². The summed E-state index contributed by atoms with van der Waals surface area (Å²) < 4.78 is 53.5. The lowest BCUT2D eigenvalue weighted by molar-refractivity contribution is -0.138. The lowest BCUT2D eigenvalue weighted by Crippen LogP contribution is -2.45. The molecule has 2 aromatic carbocycles. The van der Waals surface area contributed by atoms with Gasteiger partial charge in [-0.15, -0.1) is 0 Å². The molecular weight excluding hydrogens is 577 g/mol. The number of rotatable bonds is 8. The first-order valence-electron chi connectivity index (χ1n) is 13.4. The third kappa shape index (κ3) is 6.86. The number of benzene rings is 2. The summed E-state index contributed by atoms with van der Waals surface area (Å²) in [4.78, 5) is 25.5. The van der Waals surface area contributed by atoms with Crippen LogP contribution >= 0.6 is 11.6 Å². The molecule has 2 aliphatic rings. The molecule has 0 radical (unpaired) electrons. The van der Waals surface area contributed by atoms with Gasteiger partial charge < -0.3 is 30.1 Å². The Morgan fingerprint density at radius 1 is 1.17 bits per heavy atom. The number of anilines is 2. The smallest absolute Gasteiger partial charge is 0.416 e. The predicted molar refractivity (Wildman–Crippen MR) is 150 cm³/mol. The summed E-state index contributed by atoms with van der Waals surface area (Å²) >= 11 is 6.30. The largest absolute Gasteiger partial charge is 0.483 e. The SMILES string of the molecule is CCN1CCN(Cc2ccc(NC(=O)c3ccc(Cl)c(Oc4ncnc5c4OCC(CO)N5)c3)cc2C(F)(F)F)CC1. The Hall–Kier alpha value is -3.65. The molecule has 2 aliphatic heterocycles. The number of halogens is 4. The molecule has 3 N–H and O–H groups in total. The van der Waals surface area contributed by atoms with E-state index in [4.69, 9.17) is 21.1 Å². The number of fused-ring (bicyclic) bond motifs is 1. The Bertz CT molecular complexity index is 1440. The topological polar surface area (TPSA) is 112 Å². The fourth-order valence-corrected chi connectivity index (χ4v) is 4.93. The lowest BCUT2D eigenvalue weighted by Gasteiger charge is -2.34. The Balaban J connectivity index is 1.31. The molecule has 1 unspecified atom stereocenters. The van der Waals surface area contributed by atoms with Gasteiger partial charge in [0.15, 0.2) is 5.82 Å². The normalized spacial score (nSPS) is 17.6. The van der Waals surface area contributed by atoms with Crippen LogP contribution in [0, 0.1) is 0 Å². The van der Waals surface area contributed by atoms with Gasteiger partial charge in [0.25, 0.3) is 11.8 Å². The zero-order valence-corrected chi connectivity index (χ0v) is 23.5. The van der Waals surface area contributed by atoms with Crippen LogP contribution in [-0.4, -0.2) is 82.8 Å². The molecule has 224 valence electrons. The first-order chi connectivity index (χ1) is 20.1. The summed E-state index contributed by atoms with van der Waals surface area (Å²) in [5.41, 5.74) is -0.526. The maximum Gasteiger partial charge on any atom is 0.416 e. The van der Waals surface area contributed by atoms with Crippen molar-refractivity contribution in [2.45, 2.75) is 25.7 Å². The highest BCUT2D eigenvalue weighted by molar-refractivity contribution is 6.32. The van der Waals surface area contributed by atoms with Crippen LogP contribution in [0.4, 0.5) is 24.7 Å². The summed E-state index contributed by atoms with van der Waals surface area (Å²) in [6.45, 7) is 6.14. The number of likely N-dealkylation sites (N-methyl/N-ethyl adjacent to an activating group) is 1. The van der Waals surface area contributed by atoms with E-state index in [0.717, 1.165) is 25.7 Å². The third-order valence-electron chi connectivity index (χ3n) is 7.14. The van der Waals surface area contributed by atoms with E-state index in [2.05, 4.69) is 32.4 Å². The Morgan fingerprint density at radius 2 is 1.93 bits per heavy atom. The Labute approximate surface area is 245 Å². The van der Waals surface area contributed by atoms with Gasteiger partial charge in [0.2, 0.25) is 5.75 Å². The second-order valence-electron chi connectivity index (χ2n) is 9.97. The highest BCUT2D eigenvalue weighted by Gasteiger charge is 2.34. The molecule has 14 heteroatoms. The minimum absolute atomic E-state index is 0.00655. The molecule has 0 spiro atoms. The van der Waals surface area contributed by atoms with Crippen molar-refractivity contribution < 1.29 is 32.5 Å². The van der Waals surface area contributed by atoms with Crippen molar-refractivity contribution in [1.29, 1.82) is 0 Å². The fourth-order valence-electron chi connectivity index (χ4n) is 4.77. The molecule has 3 heterocycles. The molecule has 0 aliphatic carbocycles. The van der Waals surface area contributed by atoms with E-state index in [-0.39, 0.29) is 65.0 Å². The third-order valence-corrected chi connectivity index (χ3v) is 7.45. The standard InChI is InChI=1S/C28H30ClF3N6O4/c1-2-37-7-9-38(10-8-37)13-18-3-5-19(12-21(18)28(30,31)32)36-26(40)17-4-6-22(29)23(11-17)42-27-24-25(33-16-34-27)35-20(14-39)15-41-24/h3-6,11-12,16,20,39H,2,7-10,13-15H2,1H3,(H,36,40)(H,33,34,35). The number of aliphatic hydroxyl groups is 1. The van der Waals surface area contributed by atoms with Gasteiger partial charge in [-0.2, -0.15) is 18.2 Å². The number of hydrogen-bond donors (Lipinski definition) is 3. The van der Waals surface area contributed by atoms with Crippen molar-refractivity contribution >= 4 is 29.0 Å². The molecule has 1 atom stereocenters. The van der Waals surface area contributed by atoms with Crippen LogP contribution in [-0.2, 0) is 12.7 Å². The average Bonchev–Trinajstić information content (AvgIpc) is 2.98. The highest BCUT2D eigenvalue weighted by Crippen LogP contribution is 2.39. The first kappa shape index (κ1) is 29.8. The number of amides is 1. The van der Waals surface area contributed by atoms with Crippen molar-refractivity contribution in [2.75, 3.05) is 56.6 Å².